The first-order chi connectivity index (χ1) is 17.2. The summed E-state index contributed by atoms with van der Waals surface area (Å²) < 4.78 is 45.4. The smallest absolute Gasteiger partial charge is 0.261 e. The van der Waals surface area contributed by atoms with Gasteiger partial charge in [0.15, 0.2) is 0 Å². The fraction of sp³-hybridized carbons (Fsp3) is 0.370. The summed E-state index contributed by atoms with van der Waals surface area (Å²) in [6, 6.07) is 10.6. The summed E-state index contributed by atoms with van der Waals surface area (Å²) in [5.41, 5.74) is 1.82. The van der Waals surface area contributed by atoms with Crippen LogP contribution in [0.15, 0.2) is 36.4 Å². The molecule has 2 aromatic heterocycles. The van der Waals surface area contributed by atoms with E-state index < -0.39 is 11.3 Å². The molecule has 1 fully saturated rings. The predicted molar refractivity (Wildman–Crippen MR) is 132 cm³/mol. The number of aryl methyl sites for hydroxylation is 1. The number of hydrogen-bond donors (Lipinski definition) is 0. The van der Waals surface area contributed by atoms with Gasteiger partial charge in [0.05, 0.1) is 16.3 Å². The number of aromatic nitrogens is 4. The molecule has 184 valence electrons. The number of halogens is 3. The molecule has 4 aromatic rings. The Kier molecular flexibility index (Phi) is 5.02. The number of anilines is 2. The van der Waals surface area contributed by atoms with Crippen LogP contribution in [0.5, 0.6) is 0 Å². The van der Waals surface area contributed by atoms with Crippen LogP contribution in [0.3, 0.4) is 0 Å². The number of rotatable bonds is 2. The molecule has 0 unspecified atom stereocenters. The molecule has 0 bridgehead atoms. The molecule has 0 atom stereocenters. The molecule has 0 radical (unpaired) electrons. The summed E-state index contributed by atoms with van der Waals surface area (Å²) in [7, 11) is 2.00. The highest BCUT2D eigenvalue weighted by Crippen LogP contribution is 2.56. The van der Waals surface area contributed by atoms with Crippen LogP contribution in [0.1, 0.15) is 36.7 Å². The molecular weight excluding hydrogens is 465 g/mol. The second kappa shape index (κ2) is 7.93. The average molecular weight is 491 g/mol. The maximum absolute atomic E-state index is 15.3. The molecule has 6 rings (SSSR count). The van der Waals surface area contributed by atoms with Gasteiger partial charge < -0.3 is 9.80 Å². The van der Waals surface area contributed by atoms with Crippen molar-refractivity contribution < 1.29 is 13.2 Å². The highest BCUT2D eigenvalue weighted by Gasteiger charge is 2.58. The topological polar surface area (TPSA) is 49.6 Å². The lowest BCUT2D eigenvalue weighted by Crippen LogP contribution is -2.27. The minimum atomic E-state index is -2.85. The van der Waals surface area contributed by atoms with Gasteiger partial charge in [0.1, 0.15) is 17.5 Å². The van der Waals surface area contributed by atoms with Crippen molar-refractivity contribution in [2.75, 3.05) is 25.0 Å². The number of hydrogen-bond acceptors (Lipinski definition) is 5. The Morgan fingerprint density at radius 3 is 2.58 bits per heavy atom. The monoisotopic (exact) mass is 490 g/mol. The van der Waals surface area contributed by atoms with Gasteiger partial charge in [-0.25, -0.2) is 13.2 Å². The Labute approximate surface area is 206 Å². The number of likely N-dealkylation sites (N-methyl/N-ethyl adjacent to an activating group) is 1. The molecule has 0 N–H and O–H groups in total. The van der Waals surface area contributed by atoms with Crippen LogP contribution in [-0.4, -0.2) is 50.5 Å². The minimum Gasteiger partial charge on any atom is -0.324 e. The van der Waals surface area contributed by atoms with E-state index in [-0.39, 0.29) is 5.82 Å². The molecule has 0 spiro atoms. The highest BCUT2D eigenvalue weighted by atomic mass is 19.3. The Morgan fingerprint density at radius 1 is 1.06 bits per heavy atom. The van der Waals surface area contributed by atoms with E-state index in [1.807, 2.05) is 36.2 Å². The fourth-order valence-corrected chi connectivity index (χ4v) is 5.03. The molecule has 1 aliphatic carbocycles. The van der Waals surface area contributed by atoms with Crippen molar-refractivity contribution in [2.24, 2.45) is 5.41 Å². The summed E-state index contributed by atoms with van der Waals surface area (Å²) in [6.07, 6.45) is 0.801. The summed E-state index contributed by atoms with van der Waals surface area (Å²) >= 11 is 0. The first-order valence-corrected chi connectivity index (χ1v) is 12.0. The molecule has 2 aliphatic rings. The van der Waals surface area contributed by atoms with Crippen LogP contribution in [0.4, 0.5) is 24.7 Å². The normalized spacial score (nSPS) is 17.6. The van der Waals surface area contributed by atoms with Gasteiger partial charge in [0.2, 0.25) is 0 Å². The third-order valence-corrected chi connectivity index (χ3v) is 7.33. The van der Waals surface area contributed by atoms with Crippen LogP contribution in [0.2, 0.25) is 0 Å². The minimum absolute atomic E-state index is 0.377. The Bertz CT molecular complexity index is 1570. The molecule has 1 saturated carbocycles. The zero-order valence-corrected chi connectivity index (χ0v) is 20.3. The van der Waals surface area contributed by atoms with Gasteiger partial charge in [-0.15, -0.1) is 10.2 Å². The lowest BCUT2D eigenvalue weighted by Gasteiger charge is -2.26. The zero-order chi connectivity index (χ0) is 25.2. The van der Waals surface area contributed by atoms with Crippen molar-refractivity contribution in [1.29, 1.82) is 0 Å². The van der Waals surface area contributed by atoms with Gasteiger partial charge in [0, 0.05) is 43.4 Å². The highest BCUT2D eigenvalue weighted by molar-refractivity contribution is 5.94. The van der Waals surface area contributed by atoms with E-state index in [1.165, 1.54) is 6.07 Å². The Morgan fingerprint density at radius 2 is 1.83 bits per heavy atom. The van der Waals surface area contributed by atoms with Crippen molar-refractivity contribution in [3.05, 3.63) is 59.2 Å². The standard InChI is InChI=1S/C27H25F3N6/c1-17-32-33-25-31-24(23-20(28)7-5-9-22(23)36(17)25)35-15-14-34(3)16-19-18(6-4-8-21(19)35)10-11-27(12-13-27)26(2,29)30/h4-9H,12-16H2,1-3H3. The van der Waals surface area contributed by atoms with Gasteiger partial charge in [-0.1, -0.05) is 24.0 Å². The van der Waals surface area contributed by atoms with E-state index in [0.717, 1.165) is 18.2 Å². The largest absolute Gasteiger partial charge is 0.324 e. The SMILES string of the molecule is Cc1nnc2nc(N3CCN(C)Cc4c(C#CC5(C(C)(F)F)CC5)cccc43)c3c(F)cccc3n12. The number of benzene rings is 2. The fourth-order valence-electron chi connectivity index (χ4n) is 5.03. The summed E-state index contributed by atoms with van der Waals surface area (Å²) in [4.78, 5) is 8.88. The average Bonchev–Trinajstić information content (AvgIpc) is 3.58. The van der Waals surface area contributed by atoms with Gasteiger partial charge in [-0.05, 0) is 51.1 Å². The van der Waals surface area contributed by atoms with Crippen LogP contribution >= 0.6 is 0 Å². The van der Waals surface area contributed by atoms with Crippen molar-refractivity contribution in [2.45, 2.75) is 39.2 Å². The molecule has 9 heteroatoms. The van der Waals surface area contributed by atoms with E-state index in [2.05, 4.69) is 26.9 Å². The molecular formula is C27H25F3N6. The lowest BCUT2D eigenvalue weighted by atomic mass is 9.98. The molecule has 0 amide bonds. The van der Waals surface area contributed by atoms with Gasteiger partial charge in [0.25, 0.3) is 11.7 Å². The first kappa shape index (κ1) is 22.8. The zero-order valence-electron chi connectivity index (χ0n) is 20.3. The second-order valence-corrected chi connectivity index (χ2v) is 9.87. The predicted octanol–water partition coefficient (Wildman–Crippen LogP) is 5.10. The van der Waals surface area contributed by atoms with Crippen LogP contribution < -0.4 is 4.90 Å². The van der Waals surface area contributed by atoms with Crippen molar-refractivity contribution >= 4 is 28.2 Å². The number of fused-ring (bicyclic) bond motifs is 4. The molecule has 2 aromatic carbocycles. The maximum Gasteiger partial charge on any atom is 0.261 e. The van der Waals surface area contributed by atoms with Crippen LogP contribution in [0, 0.1) is 30.0 Å². The molecule has 6 nitrogen and oxygen atoms in total. The van der Waals surface area contributed by atoms with E-state index in [4.69, 9.17) is 4.98 Å². The van der Waals surface area contributed by atoms with Crippen LogP contribution in [0.25, 0.3) is 16.7 Å². The van der Waals surface area contributed by atoms with E-state index in [9.17, 15) is 8.78 Å². The molecule has 0 saturated heterocycles. The molecule has 36 heavy (non-hydrogen) atoms. The summed E-state index contributed by atoms with van der Waals surface area (Å²) in [5.74, 6) is 4.20. The van der Waals surface area contributed by atoms with E-state index >= 15 is 4.39 Å². The third-order valence-electron chi connectivity index (χ3n) is 7.33. The molecule has 3 heterocycles. The lowest BCUT2D eigenvalue weighted by molar-refractivity contribution is -0.0294. The Balaban J connectivity index is 1.56. The maximum atomic E-state index is 15.3. The quantitative estimate of drug-likeness (QED) is 0.366. The second-order valence-electron chi connectivity index (χ2n) is 9.87. The van der Waals surface area contributed by atoms with E-state index in [1.54, 1.807) is 17.4 Å². The number of nitrogens with zero attached hydrogens (tertiary/aromatic N) is 6. The van der Waals surface area contributed by atoms with Gasteiger partial charge >= 0.3 is 0 Å². The Hall–Kier alpha value is -3.64. The van der Waals surface area contributed by atoms with E-state index in [0.29, 0.717) is 66.4 Å². The van der Waals surface area contributed by atoms with Crippen molar-refractivity contribution in [3.63, 3.8) is 0 Å². The first-order valence-electron chi connectivity index (χ1n) is 12.0. The number of alkyl halides is 2. The summed E-state index contributed by atoms with van der Waals surface area (Å²) in [6.45, 7) is 4.58. The van der Waals surface area contributed by atoms with Crippen molar-refractivity contribution in [1.82, 2.24) is 24.5 Å². The van der Waals surface area contributed by atoms with Crippen molar-refractivity contribution in [3.8, 4) is 11.8 Å². The third kappa shape index (κ3) is 3.51. The van der Waals surface area contributed by atoms with Gasteiger partial charge in [-0.3, -0.25) is 4.40 Å². The molecule has 1 aliphatic heterocycles. The summed E-state index contributed by atoms with van der Waals surface area (Å²) in [5, 5.41) is 8.72. The van der Waals surface area contributed by atoms with Crippen LogP contribution in [-0.2, 0) is 6.54 Å². The van der Waals surface area contributed by atoms with Gasteiger partial charge in [-0.2, -0.15) is 4.98 Å².